The van der Waals surface area contributed by atoms with Crippen molar-refractivity contribution in [3.05, 3.63) is 66.4 Å². The molecule has 154 valence electrons. The minimum absolute atomic E-state index is 0.0128. The van der Waals surface area contributed by atoms with E-state index in [2.05, 4.69) is 14.5 Å². The molecule has 0 aliphatic heterocycles. The van der Waals surface area contributed by atoms with Gasteiger partial charge in [-0.3, -0.25) is 4.98 Å². The van der Waals surface area contributed by atoms with Crippen molar-refractivity contribution >= 4 is 0 Å². The Kier molecular flexibility index (Phi) is 5.56. The first-order valence-electron chi connectivity index (χ1n) is 8.16. The molecule has 0 spiro atoms. The second-order valence-corrected chi connectivity index (χ2v) is 5.88. The predicted molar refractivity (Wildman–Crippen MR) is 93.2 cm³/mol. The van der Waals surface area contributed by atoms with Crippen molar-refractivity contribution in [2.24, 2.45) is 0 Å². The van der Waals surface area contributed by atoms with Crippen LogP contribution >= 0.6 is 0 Å². The number of pyridine rings is 1. The van der Waals surface area contributed by atoms with Crippen LogP contribution in [0.15, 0.2) is 60.8 Å². The Morgan fingerprint density at radius 2 is 1.27 bits per heavy atom. The first-order valence-corrected chi connectivity index (χ1v) is 8.16. The van der Waals surface area contributed by atoms with Gasteiger partial charge in [-0.05, 0) is 35.9 Å². The van der Waals surface area contributed by atoms with Crippen LogP contribution in [-0.4, -0.2) is 17.7 Å². The average molecular weight is 424 g/mol. The molecule has 0 fully saturated rings. The monoisotopic (exact) mass is 424 g/mol. The van der Waals surface area contributed by atoms with Crippen LogP contribution in [0.3, 0.4) is 0 Å². The first kappa shape index (κ1) is 21.0. The summed E-state index contributed by atoms with van der Waals surface area (Å²) in [6, 6.07) is 13.3. The lowest BCUT2D eigenvalue weighted by Crippen LogP contribution is -2.17. The van der Waals surface area contributed by atoms with E-state index in [-0.39, 0.29) is 16.8 Å². The Morgan fingerprint density at radius 3 is 1.80 bits per heavy atom. The van der Waals surface area contributed by atoms with E-state index < -0.39 is 24.2 Å². The molecule has 4 nitrogen and oxygen atoms in total. The molecule has 0 unspecified atom stereocenters. The second-order valence-electron chi connectivity index (χ2n) is 5.88. The topological polar surface area (TPSA) is 55.1 Å². The summed E-state index contributed by atoms with van der Waals surface area (Å²) in [5.41, 5.74) is 0.941. The fourth-order valence-corrected chi connectivity index (χ4v) is 2.65. The maximum absolute atomic E-state index is 12.4. The number of halogens is 6. The highest BCUT2D eigenvalue weighted by molar-refractivity contribution is 5.73. The summed E-state index contributed by atoms with van der Waals surface area (Å²) >= 11 is 0. The van der Waals surface area contributed by atoms with Gasteiger partial charge >= 0.3 is 12.7 Å². The summed E-state index contributed by atoms with van der Waals surface area (Å²) in [6.07, 6.45) is -8.44. The third-order valence-corrected chi connectivity index (χ3v) is 3.75. The third kappa shape index (κ3) is 5.41. The van der Waals surface area contributed by atoms with Crippen molar-refractivity contribution in [3.8, 4) is 40.0 Å². The molecule has 3 aromatic rings. The molecule has 0 radical (unpaired) electrons. The zero-order valence-electron chi connectivity index (χ0n) is 14.8. The van der Waals surface area contributed by atoms with Gasteiger partial charge in [-0.15, -0.1) is 26.3 Å². The van der Waals surface area contributed by atoms with E-state index in [4.69, 9.17) is 0 Å². The van der Waals surface area contributed by atoms with Crippen molar-refractivity contribution in [2.45, 2.75) is 12.7 Å². The van der Waals surface area contributed by atoms with Crippen molar-refractivity contribution in [3.63, 3.8) is 0 Å². The zero-order valence-corrected chi connectivity index (χ0v) is 14.8. The summed E-state index contributed by atoms with van der Waals surface area (Å²) < 4.78 is 82.3. The Labute approximate surface area is 165 Å². The van der Waals surface area contributed by atoms with Gasteiger partial charge in [0.15, 0.2) is 0 Å². The molecule has 30 heavy (non-hydrogen) atoms. The number of alkyl halides is 6. The molecule has 1 aromatic heterocycles. The van der Waals surface area contributed by atoms with Crippen LogP contribution in [0.5, 0.6) is 11.5 Å². The number of rotatable bonds is 4. The van der Waals surface area contributed by atoms with Crippen LogP contribution in [0.1, 0.15) is 5.56 Å². The first-order chi connectivity index (χ1) is 14.0. The zero-order chi connectivity index (χ0) is 21.9. The van der Waals surface area contributed by atoms with Crippen LogP contribution in [0.25, 0.3) is 22.4 Å². The molecule has 1 heterocycles. The molecular formula is C20H10F6N2O2. The van der Waals surface area contributed by atoms with Crippen LogP contribution in [0.2, 0.25) is 0 Å². The Hall–Kier alpha value is -3.74. The number of benzene rings is 2. The van der Waals surface area contributed by atoms with E-state index in [1.54, 1.807) is 0 Å². The fourth-order valence-electron chi connectivity index (χ4n) is 2.65. The van der Waals surface area contributed by atoms with Crippen LogP contribution in [0.4, 0.5) is 26.3 Å². The number of nitrogens with zero attached hydrogens (tertiary/aromatic N) is 2. The van der Waals surface area contributed by atoms with Gasteiger partial charge in [-0.1, -0.05) is 24.3 Å². The number of nitriles is 1. The van der Waals surface area contributed by atoms with E-state index in [1.165, 1.54) is 36.5 Å². The average Bonchev–Trinajstić information content (AvgIpc) is 2.65. The van der Waals surface area contributed by atoms with Gasteiger partial charge in [-0.25, -0.2) is 0 Å². The summed E-state index contributed by atoms with van der Waals surface area (Å²) in [4.78, 5) is 4.12. The lowest BCUT2D eigenvalue weighted by Gasteiger charge is -2.12. The molecule has 10 heteroatoms. The fraction of sp³-hybridized carbons (Fsp3) is 0.100. The molecule has 0 aliphatic rings. The maximum Gasteiger partial charge on any atom is 0.573 e. The van der Waals surface area contributed by atoms with Gasteiger partial charge in [0.05, 0.1) is 11.3 Å². The smallest absolute Gasteiger partial charge is 0.406 e. The SMILES string of the molecule is N#Cc1cc(-c2cccc(OC(F)(F)F)c2)cnc1-c1cccc(OC(F)(F)F)c1. The normalized spacial score (nSPS) is 11.6. The van der Waals surface area contributed by atoms with Crippen molar-refractivity contribution in [2.75, 3.05) is 0 Å². The maximum atomic E-state index is 12.4. The van der Waals surface area contributed by atoms with Crippen LogP contribution in [-0.2, 0) is 0 Å². The second kappa shape index (κ2) is 7.94. The van der Waals surface area contributed by atoms with Gasteiger partial charge in [-0.2, -0.15) is 5.26 Å². The molecule has 0 N–H and O–H groups in total. The number of aromatic nitrogens is 1. The van der Waals surface area contributed by atoms with Gasteiger partial charge in [0, 0.05) is 17.3 Å². The van der Waals surface area contributed by atoms with E-state index in [0.29, 0.717) is 11.1 Å². The van der Waals surface area contributed by atoms with Gasteiger partial charge in [0.2, 0.25) is 0 Å². The minimum atomic E-state index is -4.88. The Morgan fingerprint density at radius 1 is 0.733 bits per heavy atom. The summed E-state index contributed by atoms with van der Waals surface area (Å²) in [5.74, 6) is -0.925. The van der Waals surface area contributed by atoms with E-state index in [9.17, 15) is 31.6 Å². The van der Waals surface area contributed by atoms with Crippen molar-refractivity contribution < 1.29 is 35.8 Å². The van der Waals surface area contributed by atoms with E-state index in [0.717, 1.165) is 24.3 Å². The Balaban J connectivity index is 1.96. The summed E-state index contributed by atoms with van der Waals surface area (Å²) in [5, 5.41) is 9.44. The quantitative estimate of drug-likeness (QED) is 0.476. The molecule has 3 rings (SSSR count). The highest BCUT2D eigenvalue weighted by atomic mass is 19.4. The largest absolute Gasteiger partial charge is 0.573 e. The molecule has 0 bridgehead atoms. The van der Waals surface area contributed by atoms with Crippen molar-refractivity contribution in [1.82, 2.24) is 4.98 Å². The van der Waals surface area contributed by atoms with Crippen LogP contribution < -0.4 is 9.47 Å². The summed E-state index contributed by atoms with van der Waals surface area (Å²) in [6.45, 7) is 0. The standard InChI is InChI=1S/C20H10F6N2O2/c21-19(22,23)29-16-5-1-3-12(8-16)15-7-14(10-27)18(28-11-15)13-4-2-6-17(9-13)30-20(24,25)26/h1-9,11H. The van der Waals surface area contributed by atoms with Crippen LogP contribution in [0, 0.1) is 11.3 Å². The molecule has 0 atom stereocenters. The van der Waals surface area contributed by atoms with Gasteiger partial charge in [0.1, 0.15) is 17.6 Å². The number of ether oxygens (including phenoxy) is 2. The molecular weight excluding hydrogens is 414 g/mol. The van der Waals surface area contributed by atoms with E-state index >= 15 is 0 Å². The predicted octanol–water partition coefficient (Wildman–Crippen LogP) is 6.08. The third-order valence-electron chi connectivity index (χ3n) is 3.75. The lowest BCUT2D eigenvalue weighted by molar-refractivity contribution is -0.275. The number of hydrogen-bond acceptors (Lipinski definition) is 4. The summed E-state index contributed by atoms with van der Waals surface area (Å²) in [7, 11) is 0. The van der Waals surface area contributed by atoms with Gasteiger partial charge in [0.25, 0.3) is 0 Å². The highest BCUT2D eigenvalue weighted by Crippen LogP contribution is 2.32. The minimum Gasteiger partial charge on any atom is -0.406 e. The molecule has 0 saturated carbocycles. The lowest BCUT2D eigenvalue weighted by atomic mass is 10.0. The molecule has 0 amide bonds. The Bertz CT molecular complexity index is 1100. The van der Waals surface area contributed by atoms with Crippen molar-refractivity contribution in [1.29, 1.82) is 5.26 Å². The van der Waals surface area contributed by atoms with E-state index in [1.807, 2.05) is 6.07 Å². The number of hydrogen-bond donors (Lipinski definition) is 0. The molecule has 0 saturated heterocycles. The molecule has 0 aliphatic carbocycles. The van der Waals surface area contributed by atoms with Gasteiger partial charge < -0.3 is 9.47 Å². The highest BCUT2D eigenvalue weighted by Gasteiger charge is 2.32. The molecule has 2 aromatic carbocycles.